The molecule has 1 aromatic heterocycles. The minimum Gasteiger partial charge on any atom is -0.346 e. The molecule has 1 aliphatic carbocycles. The number of likely N-dealkylation sites (N-methyl/N-ethyl adjacent to an activating group) is 1. The van der Waals surface area contributed by atoms with E-state index in [2.05, 4.69) is 28.8 Å². The van der Waals surface area contributed by atoms with Gasteiger partial charge in [0.15, 0.2) is 5.13 Å². The molecule has 1 atom stereocenters. The lowest BCUT2D eigenvalue weighted by Crippen LogP contribution is -2.48. The van der Waals surface area contributed by atoms with Crippen LogP contribution in [0.1, 0.15) is 29.5 Å². The summed E-state index contributed by atoms with van der Waals surface area (Å²) in [5, 5.41) is 1.20. The van der Waals surface area contributed by atoms with Crippen molar-refractivity contribution in [3.63, 3.8) is 0 Å². The van der Waals surface area contributed by atoms with E-state index in [1.54, 1.807) is 0 Å². The van der Waals surface area contributed by atoms with Crippen LogP contribution in [0.15, 0.2) is 0 Å². The molecule has 0 spiro atoms. The number of aromatic nitrogens is 1. The summed E-state index contributed by atoms with van der Waals surface area (Å²) in [5.41, 5.74) is 7.37. The quantitative estimate of drug-likeness (QED) is 0.904. The van der Waals surface area contributed by atoms with E-state index in [1.807, 2.05) is 11.3 Å². The molecule has 3 rings (SSSR count). The number of hydrogen-bond acceptors (Lipinski definition) is 6. The number of anilines is 1. The molecule has 21 heavy (non-hydrogen) atoms. The number of nitrogens with two attached hydrogens (primary N) is 1. The number of rotatable bonds is 4. The van der Waals surface area contributed by atoms with Gasteiger partial charge in [0.2, 0.25) is 0 Å². The summed E-state index contributed by atoms with van der Waals surface area (Å²) < 4.78 is 0. The number of nitrogens with zero attached hydrogens (tertiary/aromatic N) is 4. The molecule has 2 N–H and O–H groups in total. The van der Waals surface area contributed by atoms with Crippen LogP contribution in [-0.2, 0) is 6.42 Å². The largest absolute Gasteiger partial charge is 0.346 e. The Morgan fingerprint density at radius 2 is 2.05 bits per heavy atom. The van der Waals surface area contributed by atoms with Gasteiger partial charge in [0.25, 0.3) is 0 Å². The van der Waals surface area contributed by atoms with Crippen LogP contribution in [0.5, 0.6) is 0 Å². The molecule has 0 aromatic carbocycles. The van der Waals surface area contributed by atoms with Crippen LogP contribution in [0.25, 0.3) is 0 Å². The zero-order valence-electron chi connectivity index (χ0n) is 13.2. The monoisotopic (exact) mass is 309 g/mol. The fourth-order valence-electron chi connectivity index (χ4n) is 3.08. The van der Waals surface area contributed by atoms with Crippen molar-refractivity contribution in [1.29, 1.82) is 0 Å². The van der Waals surface area contributed by atoms with E-state index in [9.17, 15) is 0 Å². The SMILES string of the molecule is CN(C)CCN1CCN(c2nc3c(s2)CCCC3N)CC1. The second-order valence-corrected chi connectivity index (χ2v) is 7.50. The summed E-state index contributed by atoms with van der Waals surface area (Å²) in [4.78, 5) is 13.5. The maximum absolute atomic E-state index is 6.19. The molecule has 6 heteroatoms. The lowest BCUT2D eigenvalue weighted by atomic mass is 9.99. The smallest absolute Gasteiger partial charge is 0.185 e. The molecular weight excluding hydrogens is 282 g/mol. The highest BCUT2D eigenvalue weighted by atomic mass is 32.1. The van der Waals surface area contributed by atoms with Crippen LogP contribution < -0.4 is 10.6 Å². The van der Waals surface area contributed by atoms with Gasteiger partial charge in [0.1, 0.15) is 0 Å². The molecule has 5 nitrogen and oxygen atoms in total. The molecular formula is C15H27N5S. The second kappa shape index (κ2) is 6.60. The van der Waals surface area contributed by atoms with E-state index >= 15 is 0 Å². The molecule has 2 aliphatic rings. The average molecular weight is 309 g/mol. The summed E-state index contributed by atoms with van der Waals surface area (Å²) in [6, 6.07) is 0.167. The van der Waals surface area contributed by atoms with Crippen molar-refractivity contribution in [3.05, 3.63) is 10.6 Å². The summed E-state index contributed by atoms with van der Waals surface area (Å²) in [6.45, 7) is 6.78. The molecule has 1 fully saturated rings. The Kier molecular flexibility index (Phi) is 4.78. The molecule has 1 aromatic rings. The molecule has 1 saturated heterocycles. The Morgan fingerprint density at radius 1 is 1.29 bits per heavy atom. The molecule has 2 heterocycles. The van der Waals surface area contributed by atoms with Crippen molar-refractivity contribution in [3.8, 4) is 0 Å². The van der Waals surface area contributed by atoms with Gasteiger partial charge in [0, 0.05) is 50.2 Å². The van der Waals surface area contributed by atoms with Gasteiger partial charge in [-0.3, -0.25) is 4.90 Å². The Balaban J connectivity index is 1.57. The Bertz CT molecular complexity index is 465. The highest BCUT2D eigenvalue weighted by Crippen LogP contribution is 2.35. The maximum Gasteiger partial charge on any atom is 0.185 e. The Labute approximate surface area is 131 Å². The van der Waals surface area contributed by atoms with Crippen molar-refractivity contribution in [2.75, 3.05) is 58.3 Å². The average Bonchev–Trinajstić information content (AvgIpc) is 2.91. The number of thiazole rings is 1. The maximum atomic E-state index is 6.19. The predicted molar refractivity (Wildman–Crippen MR) is 89.2 cm³/mol. The van der Waals surface area contributed by atoms with Crippen LogP contribution in [0, 0.1) is 0 Å². The van der Waals surface area contributed by atoms with Gasteiger partial charge < -0.3 is 15.5 Å². The minimum atomic E-state index is 0.167. The molecule has 0 bridgehead atoms. The Morgan fingerprint density at radius 3 is 2.71 bits per heavy atom. The van der Waals surface area contributed by atoms with E-state index < -0.39 is 0 Å². The molecule has 1 unspecified atom stereocenters. The van der Waals surface area contributed by atoms with Gasteiger partial charge in [-0.05, 0) is 33.4 Å². The van der Waals surface area contributed by atoms with Crippen molar-refractivity contribution in [2.24, 2.45) is 5.73 Å². The number of piperazine rings is 1. The first-order valence-corrected chi connectivity index (χ1v) is 8.82. The highest BCUT2D eigenvalue weighted by Gasteiger charge is 2.25. The van der Waals surface area contributed by atoms with E-state index in [-0.39, 0.29) is 6.04 Å². The van der Waals surface area contributed by atoms with Gasteiger partial charge in [-0.25, -0.2) is 4.98 Å². The van der Waals surface area contributed by atoms with Crippen molar-refractivity contribution in [1.82, 2.24) is 14.8 Å². The number of fused-ring (bicyclic) bond motifs is 1. The van der Waals surface area contributed by atoms with Gasteiger partial charge in [-0.2, -0.15) is 0 Å². The van der Waals surface area contributed by atoms with Crippen molar-refractivity contribution in [2.45, 2.75) is 25.3 Å². The fourth-order valence-corrected chi connectivity index (χ4v) is 4.30. The zero-order chi connectivity index (χ0) is 14.8. The minimum absolute atomic E-state index is 0.167. The van der Waals surface area contributed by atoms with Crippen LogP contribution >= 0.6 is 11.3 Å². The van der Waals surface area contributed by atoms with Crippen molar-refractivity contribution >= 4 is 16.5 Å². The van der Waals surface area contributed by atoms with Gasteiger partial charge in [0.05, 0.1) is 5.69 Å². The van der Waals surface area contributed by atoms with Crippen molar-refractivity contribution < 1.29 is 0 Å². The predicted octanol–water partition coefficient (Wildman–Crippen LogP) is 1.16. The van der Waals surface area contributed by atoms with Crippen LogP contribution in [-0.4, -0.2) is 68.1 Å². The molecule has 0 amide bonds. The molecule has 118 valence electrons. The number of aryl methyl sites for hydroxylation is 1. The summed E-state index contributed by atoms with van der Waals surface area (Å²) >= 11 is 1.87. The normalized spacial score (nSPS) is 23.6. The fraction of sp³-hybridized carbons (Fsp3) is 0.800. The third-order valence-electron chi connectivity index (χ3n) is 4.49. The highest BCUT2D eigenvalue weighted by molar-refractivity contribution is 7.15. The van der Waals surface area contributed by atoms with Crippen LogP contribution in [0.3, 0.4) is 0 Å². The second-order valence-electron chi connectivity index (χ2n) is 6.44. The standard InChI is InChI=1S/C15H27N5S/c1-18(2)6-7-19-8-10-20(11-9-19)15-17-14-12(16)4-3-5-13(14)21-15/h12H,3-11,16H2,1-2H3. The molecule has 1 aliphatic heterocycles. The Hall–Kier alpha value is -0.690. The third-order valence-corrected chi connectivity index (χ3v) is 5.68. The lowest BCUT2D eigenvalue weighted by Gasteiger charge is -2.35. The first kappa shape index (κ1) is 15.2. The van der Waals surface area contributed by atoms with Crippen LogP contribution in [0.4, 0.5) is 5.13 Å². The first-order chi connectivity index (χ1) is 10.1. The van der Waals surface area contributed by atoms with E-state index in [4.69, 9.17) is 10.7 Å². The van der Waals surface area contributed by atoms with Gasteiger partial charge in [-0.1, -0.05) is 0 Å². The number of hydrogen-bond donors (Lipinski definition) is 1. The van der Waals surface area contributed by atoms with Gasteiger partial charge >= 0.3 is 0 Å². The molecule has 0 saturated carbocycles. The lowest BCUT2D eigenvalue weighted by molar-refractivity contribution is 0.229. The van der Waals surface area contributed by atoms with E-state index in [0.29, 0.717) is 0 Å². The van der Waals surface area contributed by atoms with E-state index in [1.165, 1.54) is 35.1 Å². The molecule has 0 radical (unpaired) electrons. The summed E-state index contributed by atoms with van der Waals surface area (Å²) in [7, 11) is 4.28. The topological polar surface area (TPSA) is 48.6 Å². The third kappa shape index (κ3) is 3.56. The summed E-state index contributed by atoms with van der Waals surface area (Å²) in [5.74, 6) is 0. The first-order valence-electron chi connectivity index (χ1n) is 8.00. The summed E-state index contributed by atoms with van der Waals surface area (Å²) in [6.07, 6.45) is 3.48. The van der Waals surface area contributed by atoms with Gasteiger partial charge in [-0.15, -0.1) is 11.3 Å². The van der Waals surface area contributed by atoms with Crippen LogP contribution in [0.2, 0.25) is 0 Å². The zero-order valence-corrected chi connectivity index (χ0v) is 14.0. The van der Waals surface area contributed by atoms with E-state index in [0.717, 1.165) is 39.1 Å².